The first kappa shape index (κ1) is 20.4. The Balaban J connectivity index is 1.70. The van der Waals surface area contributed by atoms with Gasteiger partial charge in [-0.05, 0) is 42.8 Å². The Labute approximate surface area is 170 Å². The smallest absolute Gasteiger partial charge is 0.255 e. The predicted octanol–water partition coefficient (Wildman–Crippen LogP) is 3.67. The molecule has 2 N–H and O–H groups in total. The molecular weight excluding hydrogens is 370 g/mol. The lowest BCUT2D eigenvalue weighted by Gasteiger charge is -2.19. The van der Waals surface area contributed by atoms with Crippen LogP contribution in [-0.2, 0) is 9.59 Å². The van der Waals surface area contributed by atoms with Crippen LogP contribution in [0.5, 0.6) is 5.75 Å². The molecule has 0 unspecified atom stereocenters. The van der Waals surface area contributed by atoms with Crippen LogP contribution in [-0.4, -0.2) is 31.4 Å². The lowest BCUT2D eigenvalue weighted by Crippen LogP contribution is -2.24. The van der Waals surface area contributed by atoms with Crippen molar-refractivity contribution >= 4 is 34.8 Å². The highest BCUT2D eigenvalue weighted by Gasteiger charge is 2.24. The maximum absolute atomic E-state index is 12.5. The Kier molecular flexibility index (Phi) is 6.16. The fraction of sp³-hybridized carbons (Fsp3) is 0.318. The van der Waals surface area contributed by atoms with Gasteiger partial charge >= 0.3 is 0 Å². The highest BCUT2D eigenvalue weighted by molar-refractivity contribution is 6.05. The van der Waals surface area contributed by atoms with E-state index in [1.54, 1.807) is 47.4 Å². The van der Waals surface area contributed by atoms with Gasteiger partial charge in [0.2, 0.25) is 11.8 Å². The molecule has 1 aliphatic heterocycles. The molecule has 1 saturated heterocycles. The van der Waals surface area contributed by atoms with Gasteiger partial charge in [-0.3, -0.25) is 14.4 Å². The summed E-state index contributed by atoms with van der Waals surface area (Å²) in [6.07, 6.45) is 1.36. The van der Waals surface area contributed by atoms with Crippen LogP contribution in [0.2, 0.25) is 0 Å². The first-order valence-corrected chi connectivity index (χ1v) is 9.59. The van der Waals surface area contributed by atoms with Crippen LogP contribution in [0, 0.1) is 5.92 Å². The SMILES string of the molecule is COc1cc(NC(=O)c2ccc(NC(=O)C(C)C)cc2)ccc1N1CCCC1=O. The number of benzene rings is 2. The third-order valence-electron chi connectivity index (χ3n) is 4.74. The normalized spacial score (nSPS) is 13.5. The number of rotatable bonds is 6. The number of nitrogens with one attached hydrogen (secondary N) is 2. The fourth-order valence-electron chi connectivity index (χ4n) is 3.08. The molecule has 0 aliphatic carbocycles. The van der Waals surface area contributed by atoms with Crippen LogP contribution >= 0.6 is 0 Å². The molecule has 1 aliphatic rings. The average molecular weight is 395 g/mol. The molecule has 0 radical (unpaired) electrons. The number of ether oxygens (including phenoxy) is 1. The first-order valence-electron chi connectivity index (χ1n) is 9.59. The monoisotopic (exact) mass is 395 g/mol. The molecule has 0 bridgehead atoms. The molecule has 0 aromatic heterocycles. The second-order valence-corrected chi connectivity index (χ2v) is 7.21. The van der Waals surface area contributed by atoms with E-state index in [4.69, 9.17) is 4.74 Å². The van der Waals surface area contributed by atoms with Crippen molar-refractivity contribution in [2.75, 3.05) is 29.2 Å². The Bertz CT molecular complexity index is 922. The van der Waals surface area contributed by atoms with Crippen molar-refractivity contribution in [1.82, 2.24) is 0 Å². The second-order valence-electron chi connectivity index (χ2n) is 7.21. The van der Waals surface area contributed by atoms with Crippen LogP contribution in [0.25, 0.3) is 0 Å². The summed E-state index contributed by atoms with van der Waals surface area (Å²) in [5.41, 5.74) is 2.38. The minimum absolute atomic E-state index is 0.0738. The number of nitrogens with zero attached hydrogens (tertiary/aromatic N) is 1. The molecule has 29 heavy (non-hydrogen) atoms. The van der Waals surface area contributed by atoms with Gasteiger partial charge in [-0.25, -0.2) is 0 Å². The number of amides is 3. The van der Waals surface area contributed by atoms with Crippen molar-refractivity contribution in [3.63, 3.8) is 0 Å². The van der Waals surface area contributed by atoms with Crippen molar-refractivity contribution in [1.29, 1.82) is 0 Å². The summed E-state index contributed by atoms with van der Waals surface area (Å²) in [7, 11) is 1.54. The topological polar surface area (TPSA) is 87.7 Å². The molecule has 0 saturated carbocycles. The van der Waals surface area contributed by atoms with Crippen molar-refractivity contribution in [3.05, 3.63) is 48.0 Å². The summed E-state index contributed by atoms with van der Waals surface area (Å²) < 4.78 is 5.42. The van der Waals surface area contributed by atoms with Gasteiger partial charge in [0.1, 0.15) is 5.75 Å². The van der Waals surface area contributed by atoms with E-state index < -0.39 is 0 Å². The Morgan fingerprint density at radius 2 is 1.72 bits per heavy atom. The van der Waals surface area contributed by atoms with Crippen molar-refractivity contribution < 1.29 is 19.1 Å². The number of carbonyl (C=O) groups is 3. The quantitative estimate of drug-likeness (QED) is 0.781. The van der Waals surface area contributed by atoms with E-state index >= 15 is 0 Å². The zero-order valence-electron chi connectivity index (χ0n) is 16.8. The lowest BCUT2D eigenvalue weighted by atomic mass is 10.1. The van der Waals surface area contributed by atoms with Crippen molar-refractivity contribution in [2.24, 2.45) is 5.92 Å². The molecule has 0 spiro atoms. The van der Waals surface area contributed by atoms with E-state index in [1.165, 1.54) is 7.11 Å². The summed E-state index contributed by atoms with van der Waals surface area (Å²) in [5.74, 6) is 0.131. The summed E-state index contributed by atoms with van der Waals surface area (Å²) >= 11 is 0. The van der Waals surface area contributed by atoms with E-state index in [2.05, 4.69) is 10.6 Å². The van der Waals surface area contributed by atoms with Crippen LogP contribution in [0.15, 0.2) is 42.5 Å². The van der Waals surface area contributed by atoms with Crippen LogP contribution in [0.3, 0.4) is 0 Å². The van der Waals surface area contributed by atoms with Gasteiger partial charge in [-0.1, -0.05) is 13.8 Å². The number of hydrogen-bond acceptors (Lipinski definition) is 4. The highest BCUT2D eigenvalue weighted by Crippen LogP contribution is 2.34. The summed E-state index contributed by atoms with van der Waals surface area (Å²) in [6.45, 7) is 4.30. The Hall–Kier alpha value is -3.35. The Morgan fingerprint density at radius 1 is 1.03 bits per heavy atom. The third-order valence-corrected chi connectivity index (χ3v) is 4.74. The maximum atomic E-state index is 12.5. The number of hydrogen-bond donors (Lipinski definition) is 2. The van der Waals surface area contributed by atoms with Gasteiger partial charge in [0.05, 0.1) is 12.8 Å². The van der Waals surface area contributed by atoms with Gasteiger partial charge < -0.3 is 20.3 Å². The number of carbonyl (C=O) groups excluding carboxylic acids is 3. The molecule has 152 valence electrons. The minimum Gasteiger partial charge on any atom is -0.494 e. The average Bonchev–Trinajstić information content (AvgIpc) is 3.14. The van der Waals surface area contributed by atoms with E-state index in [0.717, 1.165) is 6.42 Å². The zero-order valence-corrected chi connectivity index (χ0v) is 16.8. The minimum atomic E-state index is -0.279. The van der Waals surface area contributed by atoms with Gasteiger partial charge in [-0.15, -0.1) is 0 Å². The van der Waals surface area contributed by atoms with Gasteiger partial charge in [0, 0.05) is 41.9 Å². The van der Waals surface area contributed by atoms with Crippen molar-refractivity contribution in [3.8, 4) is 5.75 Å². The zero-order chi connectivity index (χ0) is 21.0. The van der Waals surface area contributed by atoms with Gasteiger partial charge in [0.25, 0.3) is 5.91 Å². The largest absolute Gasteiger partial charge is 0.494 e. The maximum Gasteiger partial charge on any atom is 0.255 e. The molecule has 1 heterocycles. The molecule has 3 rings (SSSR count). The van der Waals surface area contributed by atoms with Gasteiger partial charge in [0.15, 0.2) is 0 Å². The predicted molar refractivity (Wildman–Crippen MR) is 112 cm³/mol. The third kappa shape index (κ3) is 4.74. The molecule has 0 atom stereocenters. The fourth-order valence-corrected chi connectivity index (χ4v) is 3.08. The Morgan fingerprint density at radius 3 is 2.31 bits per heavy atom. The molecule has 1 fully saturated rings. The molecule has 2 aromatic carbocycles. The van der Waals surface area contributed by atoms with Crippen molar-refractivity contribution in [2.45, 2.75) is 26.7 Å². The van der Waals surface area contributed by atoms with E-state index in [9.17, 15) is 14.4 Å². The molecule has 7 nitrogen and oxygen atoms in total. The number of anilines is 3. The van der Waals surface area contributed by atoms with E-state index in [0.29, 0.717) is 41.3 Å². The molecule has 2 aromatic rings. The summed E-state index contributed by atoms with van der Waals surface area (Å²) in [5, 5.41) is 5.62. The highest BCUT2D eigenvalue weighted by atomic mass is 16.5. The lowest BCUT2D eigenvalue weighted by molar-refractivity contribution is -0.119. The van der Waals surface area contributed by atoms with Crippen LogP contribution < -0.4 is 20.3 Å². The van der Waals surface area contributed by atoms with E-state index in [-0.39, 0.29) is 23.6 Å². The standard InChI is InChI=1S/C22H25N3O4/c1-14(2)21(27)23-16-8-6-15(7-9-16)22(28)24-17-10-11-18(19(13-17)29-3)25-12-4-5-20(25)26/h6-11,13-14H,4-5,12H2,1-3H3,(H,23,27)(H,24,28). The van der Waals surface area contributed by atoms with Crippen LogP contribution in [0.1, 0.15) is 37.0 Å². The van der Waals surface area contributed by atoms with Crippen LogP contribution in [0.4, 0.5) is 17.1 Å². The molecule has 3 amide bonds. The summed E-state index contributed by atoms with van der Waals surface area (Å²) in [6, 6.07) is 11.9. The van der Waals surface area contributed by atoms with Gasteiger partial charge in [-0.2, -0.15) is 0 Å². The molecule has 7 heteroatoms. The second kappa shape index (κ2) is 8.77. The molecular formula is C22H25N3O4. The number of methoxy groups -OCH3 is 1. The van der Waals surface area contributed by atoms with E-state index in [1.807, 2.05) is 13.8 Å². The first-order chi connectivity index (χ1) is 13.9. The summed E-state index contributed by atoms with van der Waals surface area (Å²) in [4.78, 5) is 38.0.